The normalized spacial score (nSPS) is 17.4. The van der Waals surface area contributed by atoms with E-state index in [0.717, 1.165) is 18.8 Å². The van der Waals surface area contributed by atoms with Gasteiger partial charge in [0, 0.05) is 43.0 Å². The van der Waals surface area contributed by atoms with Crippen LogP contribution >= 0.6 is 0 Å². The number of nitrogens with zero attached hydrogens (tertiary/aromatic N) is 7. The zero-order valence-corrected chi connectivity index (χ0v) is 24.4. The molecule has 11 nitrogen and oxygen atoms in total. The lowest BCUT2D eigenvalue weighted by Crippen LogP contribution is -2.40. The van der Waals surface area contributed by atoms with Gasteiger partial charge in [-0.2, -0.15) is 4.98 Å². The Kier molecular flexibility index (Phi) is 6.53. The van der Waals surface area contributed by atoms with E-state index in [1.165, 1.54) is 50.5 Å². The van der Waals surface area contributed by atoms with Crippen LogP contribution < -0.4 is 20.5 Å². The van der Waals surface area contributed by atoms with Gasteiger partial charge in [0.2, 0.25) is 5.95 Å². The second kappa shape index (κ2) is 10.3. The van der Waals surface area contributed by atoms with Crippen LogP contribution in [0.5, 0.6) is 5.75 Å². The van der Waals surface area contributed by atoms with Crippen molar-refractivity contribution in [3.05, 3.63) is 69.9 Å². The van der Waals surface area contributed by atoms with Gasteiger partial charge in [0.25, 0.3) is 11.5 Å². The van der Waals surface area contributed by atoms with Gasteiger partial charge in [-0.3, -0.25) is 14.5 Å². The van der Waals surface area contributed by atoms with E-state index in [-0.39, 0.29) is 64.4 Å². The van der Waals surface area contributed by atoms with Crippen molar-refractivity contribution in [2.75, 3.05) is 37.0 Å². The number of carbonyl (C=O) groups is 1. The standard InChI is InChI=1S/C31H33FN8O3/c1-4-6-12-39-29(42)21-15-33-30(34-20-7-8-22-19(13-20)16-37(3)18-31(22)9-10-31)36-26(21)40(39)27-23(32)14-24-28(35-27)38(11-5-2)25(41)17-43-24/h4,6-8,13-15H,5,9-12,16-18H2,1-3H3,(H,33,34,36)/b6-4-. The maximum atomic E-state index is 15.8. The SMILES string of the molecule is C/C=C\Cn1c(=O)c2cnc(Nc3ccc4c(c3)CN(C)CC43CC3)nc2n1-c1nc2c(cc1F)OCC(=O)N2CCC. The predicted octanol–water partition coefficient (Wildman–Crippen LogP) is 4.05. The zero-order valence-electron chi connectivity index (χ0n) is 24.4. The summed E-state index contributed by atoms with van der Waals surface area (Å²) in [6.45, 7) is 6.10. The van der Waals surface area contributed by atoms with Crippen molar-refractivity contribution in [2.45, 2.75) is 51.6 Å². The molecule has 0 atom stereocenters. The molecule has 3 aliphatic rings. The molecule has 0 radical (unpaired) electrons. The summed E-state index contributed by atoms with van der Waals surface area (Å²) in [5.41, 5.74) is 3.60. The number of carbonyl (C=O) groups excluding carboxylic acids is 1. The highest BCUT2D eigenvalue weighted by Gasteiger charge is 2.48. The van der Waals surface area contributed by atoms with Crippen LogP contribution in [0.3, 0.4) is 0 Å². The van der Waals surface area contributed by atoms with Crippen molar-refractivity contribution in [1.82, 2.24) is 29.2 Å². The molecule has 5 heterocycles. The fourth-order valence-corrected chi connectivity index (χ4v) is 6.34. The molecule has 0 bridgehead atoms. The van der Waals surface area contributed by atoms with E-state index >= 15 is 4.39 Å². The van der Waals surface area contributed by atoms with Crippen LogP contribution in [0.15, 0.2) is 47.4 Å². The van der Waals surface area contributed by atoms with Gasteiger partial charge < -0.3 is 15.0 Å². The molecule has 1 fully saturated rings. The third-order valence-corrected chi connectivity index (χ3v) is 8.45. The minimum Gasteiger partial charge on any atom is -0.480 e. The lowest BCUT2D eigenvalue weighted by Gasteiger charge is -2.32. The van der Waals surface area contributed by atoms with Gasteiger partial charge in [0.15, 0.2) is 35.5 Å². The van der Waals surface area contributed by atoms with Crippen molar-refractivity contribution in [3.8, 4) is 11.6 Å². The van der Waals surface area contributed by atoms with Gasteiger partial charge in [-0.15, -0.1) is 0 Å². The Morgan fingerprint density at radius 2 is 2.00 bits per heavy atom. The monoisotopic (exact) mass is 584 g/mol. The predicted molar refractivity (Wildman–Crippen MR) is 161 cm³/mol. The summed E-state index contributed by atoms with van der Waals surface area (Å²) in [7, 11) is 2.15. The van der Waals surface area contributed by atoms with E-state index in [2.05, 4.69) is 39.4 Å². The highest BCUT2D eigenvalue weighted by Crippen LogP contribution is 2.52. The Balaban J connectivity index is 1.34. The number of pyridine rings is 1. The van der Waals surface area contributed by atoms with E-state index in [1.807, 2.05) is 19.9 Å². The summed E-state index contributed by atoms with van der Waals surface area (Å²) in [5, 5.41) is 3.50. The lowest BCUT2D eigenvalue weighted by molar-refractivity contribution is -0.121. The van der Waals surface area contributed by atoms with Gasteiger partial charge in [0.1, 0.15) is 5.39 Å². The third kappa shape index (κ3) is 4.56. The highest BCUT2D eigenvalue weighted by molar-refractivity contribution is 5.96. The molecule has 1 aliphatic carbocycles. The summed E-state index contributed by atoms with van der Waals surface area (Å²) in [5.74, 6) is -0.486. The molecule has 1 spiro atoms. The van der Waals surface area contributed by atoms with Gasteiger partial charge in [0.05, 0.1) is 6.54 Å². The van der Waals surface area contributed by atoms with Gasteiger partial charge in [-0.25, -0.2) is 23.7 Å². The summed E-state index contributed by atoms with van der Waals surface area (Å²) < 4.78 is 24.0. The molecule has 7 rings (SSSR count). The van der Waals surface area contributed by atoms with Crippen molar-refractivity contribution in [1.29, 1.82) is 0 Å². The number of hydrogen-bond donors (Lipinski definition) is 1. The van der Waals surface area contributed by atoms with Crippen LogP contribution in [0.25, 0.3) is 16.9 Å². The average Bonchev–Trinajstić information content (AvgIpc) is 3.69. The maximum absolute atomic E-state index is 15.8. The van der Waals surface area contributed by atoms with Crippen LogP contribution in [0.4, 0.5) is 21.8 Å². The molecule has 1 saturated carbocycles. The van der Waals surface area contributed by atoms with Crippen LogP contribution in [0, 0.1) is 5.82 Å². The first-order valence-corrected chi connectivity index (χ1v) is 14.6. The molecule has 1 N–H and O–H groups in total. The Morgan fingerprint density at radius 1 is 1.16 bits per heavy atom. The van der Waals surface area contributed by atoms with Crippen LogP contribution in [-0.2, 0) is 23.3 Å². The molecular formula is C31H33FN8O3. The average molecular weight is 585 g/mol. The number of aromatic nitrogens is 5. The smallest absolute Gasteiger partial charge is 0.278 e. The van der Waals surface area contributed by atoms with E-state index in [4.69, 9.17) is 9.72 Å². The quantitative estimate of drug-likeness (QED) is 0.324. The summed E-state index contributed by atoms with van der Waals surface area (Å²) in [6, 6.07) is 7.57. The largest absolute Gasteiger partial charge is 0.480 e. The van der Waals surface area contributed by atoms with Gasteiger partial charge >= 0.3 is 0 Å². The molecule has 4 aromatic rings. The number of likely N-dealkylation sites (N-methyl/N-ethyl adjacent to an activating group) is 1. The highest BCUT2D eigenvalue weighted by atomic mass is 19.1. The van der Waals surface area contributed by atoms with E-state index < -0.39 is 5.82 Å². The zero-order chi connectivity index (χ0) is 29.9. The van der Waals surface area contributed by atoms with Crippen molar-refractivity contribution in [3.63, 3.8) is 0 Å². The molecule has 3 aromatic heterocycles. The maximum Gasteiger partial charge on any atom is 0.278 e. The minimum absolute atomic E-state index is 0.154. The van der Waals surface area contributed by atoms with E-state index in [1.54, 1.807) is 12.2 Å². The number of amides is 1. The molecule has 0 unspecified atom stereocenters. The second-order valence-electron chi connectivity index (χ2n) is 11.6. The summed E-state index contributed by atoms with van der Waals surface area (Å²) in [4.78, 5) is 43.7. The van der Waals surface area contributed by atoms with Crippen molar-refractivity contribution >= 4 is 34.4 Å². The Hall–Kier alpha value is -4.58. The first-order valence-electron chi connectivity index (χ1n) is 14.6. The first kappa shape index (κ1) is 27.3. The van der Waals surface area contributed by atoms with Crippen LogP contribution in [0.2, 0.25) is 0 Å². The number of benzene rings is 1. The van der Waals surface area contributed by atoms with E-state index in [0.29, 0.717) is 13.0 Å². The minimum atomic E-state index is -0.711. The second-order valence-corrected chi connectivity index (χ2v) is 11.6. The van der Waals surface area contributed by atoms with Crippen molar-refractivity contribution in [2.24, 2.45) is 0 Å². The Labute approximate surface area is 247 Å². The molecule has 1 amide bonds. The molecule has 1 aromatic carbocycles. The molecule has 2 aliphatic heterocycles. The fraction of sp³-hybridized carbons (Fsp3) is 0.387. The topological polar surface area (TPSA) is 110 Å². The van der Waals surface area contributed by atoms with Gasteiger partial charge in [-0.1, -0.05) is 25.1 Å². The van der Waals surface area contributed by atoms with Crippen molar-refractivity contribution < 1.29 is 13.9 Å². The molecular weight excluding hydrogens is 551 g/mol. The van der Waals surface area contributed by atoms with E-state index in [9.17, 15) is 9.59 Å². The number of halogens is 1. The van der Waals surface area contributed by atoms with Crippen LogP contribution in [-0.4, -0.2) is 61.9 Å². The van der Waals surface area contributed by atoms with Crippen LogP contribution in [0.1, 0.15) is 44.2 Å². The fourth-order valence-electron chi connectivity index (χ4n) is 6.34. The molecule has 0 saturated heterocycles. The molecule has 222 valence electrons. The number of ether oxygens (including phenoxy) is 1. The summed E-state index contributed by atoms with van der Waals surface area (Å²) >= 11 is 0. The molecule has 12 heteroatoms. The van der Waals surface area contributed by atoms with Gasteiger partial charge in [-0.05, 0) is 56.5 Å². The number of fused-ring (bicyclic) bond motifs is 4. The number of anilines is 3. The first-order chi connectivity index (χ1) is 20.8. The Bertz CT molecular complexity index is 1860. The number of allylic oxidation sites excluding steroid dienone is 2. The lowest BCUT2D eigenvalue weighted by atomic mass is 9.87. The molecule has 43 heavy (non-hydrogen) atoms. The number of rotatable bonds is 7. The summed E-state index contributed by atoms with van der Waals surface area (Å²) in [6.07, 6.45) is 8.14. The Morgan fingerprint density at radius 3 is 2.77 bits per heavy atom. The number of hydrogen-bond acceptors (Lipinski definition) is 8. The number of nitrogens with one attached hydrogen (secondary N) is 1. The third-order valence-electron chi connectivity index (χ3n) is 8.45.